The summed E-state index contributed by atoms with van der Waals surface area (Å²) in [6.45, 7) is 2.02. The first kappa shape index (κ1) is 19.0. The quantitative estimate of drug-likeness (QED) is 0.343. The van der Waals surface area contributed by atoms with Gasteiger partial charge in [0.1, 0.15) is 5.82 Å². The van der Waals surface area contributed by atoms with Crippen molar-refractivity contribution in [2.45, 2.75) is 12.1 Å². The fourth-order valence-electron chi connectivity index (χ4n) is 2.93. The van der Waals surface area contributed by atoms with Crippen molar-refractivity contribution in [3.05, 3.63) is 90.0 Å². The summed E-state index contributed by atoms with van der Waals surface area (Å²) in [6.07, 6.45) is 3.41. The summed E-state index contributed by atoms with van der Waals surface area (Å²) in [5, 5.41) is 9.32. The van der Waals surface area contributed by atoms with Crippen molar-refractivity contribution >= 4 is 17.5 Å². The second-order valence-electron chi connectivity index (χ2n) is 6.38. The molecule has 0 saturated heterocycles. The Labute approximate surface area is 171 Å². The van der Waals surface area contributed by atoms with Gasteiger partial charge in [-0.3, -0.25) is 14.3 Å². The highest BCUT2D eigenvalue weighted by atomic mass is 32.2. The Morgan fingerprint density at radius 3 is 2.45 bits per heavy atom. The van der Waals surface area contributed by atoms with Gasteiger partial charge in [-0.15, -0.1) is 10.2 Å². The maximum absolute atomic E-state index is 13.1. The summed E-state index contributed by atoms with van der Waals surface area (Å²) in [4.78, 5) is 16.6. The van der Waals surface area contributed by atoms with Gasteiger partial charge in [-0.25, -0.2) is 4.39 Å². The molecule has 0 amide bonds. The molecule has 7 heteroatoms. The van der Waals surface area contributed by atoms with Crippen molar-refractivity contribution < 1.29 is 9.18 Å². The molecule has 144 valence electrons. The van der Waals surface area contributed by atoms with E-state index in [1.54, 1.807) is 12.4 Å². The number of ketones is 1. The van der Waals surface area contributed by atoms with Gasteiger partial charge < -0.3 is 0 Å². The summed E-state index contributed by atoms with van der Waals surface area (Å²) >= 11 is 1.30. The molecule has 0 aliphatic carbocycles. The van der Waals surface area contributed by atoms with Crippen molar-refractivity contribution in [2.75, 3.05) is 5.75 Å². The Bertz CT molecular complexity index is 1140. The van der Waals surface area contributed by atoms with E-state index in [4.69, 9.17) is 0 Å². The Morgan fingerprint density at radius 1 is 1.00 bits per heavy atom. The maximum Gasteiger partial charge on any atom is 0.196 e. The van der Waals surface area contributed by atoms with E-state index in [9.17, 15) is 9.18 Å². The van der Waals surface area contributed by atoms with E-state index in [2.05, 4.69) is 15.2 Å². The Morgan fingerprint density at radius 2 is 1.72 bits per heavy atom. The first-order valence-electron chi connectivity index (χ1n) is 8.97. The van der Waals surface area contributed by atoms with Crippen LogP contribution in [0.5, 0.6) is 0 Å². The number of hydrogen-bond donors (Lipinski definition) is 0. The van der Waals surface area contributed by atoms with E-state index in [0.29, 0.717) is 16.5 Å². The number of carbonyl (C=O) groups excluding carboxylic acids is 1. The second kappa shape index (κ2) is 8.36. The monoisotopic (exact) mass is 404 g/mol. The van der Waals surface area contributed by atoms with Crippen LogP contribution in [-0.2, 0) is 0 Å². The molecule has 2 aromatic carbocycles. The first-order valence-corrected chi connectivity index (χ1v) is 9.95. The highest BCUT2D eigenvalue weighted by Gasteiger charge is 2.18. The topological polar surface area (TPSA) is 60.7 Å². The van der Waals surface area contributed by atoms with Gasteiger partial charge in [0.2, 0.25) is 0 Å². The molecule has 0 aliphatic rings. The normalized spacial score (nSPS) is 10.8. The zero-order valence-corrected chi connectivity index (χ0v) is 16.4. The minimum Gasteiger partial charge on any atom is -0.293 e. The number of aromatic nitrogens is 4. The van der Waals surface area contributed by atoms with Crippen molar-refractivity contribution in [1.82, 2.24) is 19.7 Å². The highest BCUT2D eigenvalue weighted by Crippen LogP contribution is 2.29. The summed E-state index contributed by atoms with van der Waals surface area (Å²) < 4.78 is 15.1. The number of carbonyl (C=O) groups is 1. The van der Waals surface area contributed by atoms with Crippen molar-refractivity contribution in [3.63, 3.8) is 0 Å². The molecule has 5 nitrogen and oxygen atoms in total. The molecule has 4 rings (SSSR count). The molecule has 0 radical (unpaired) electrons. The zero-order valence-electron chi connectivity index (χ0n) is 15.6. The third-order valence-corrected chi connectivity index (χ3v) is 5.36. The van der Waals surface area contributed by atoms with Crippen LogP contribution in [0.4, 0.5) is 4.39 Å². The predicted molar refractivity (Wildman–Crippen MR) is 111 cm³/mol. The van der Waals surface area contributed by atoms with Crippen LogP contribution in [0.3, 0.4) is 0 Å². The van der Waals surface area contributed by atoms with Crippen LogP contribution < -0.4 is 0 Å². The van der Waals surface area contributed by atoms with Crippen LogP contribution in [0, 0.1) is 12.7 Å². The fraction of sp³-hybridized carbons (Fsp3) is 0.0909. The van der Waals surface area contributed by atoms with E-state index >= 15 is 0 Å². The average molecular weight is 404 g/mol. The molecule has 0 N–H and O–H groups in total. The number of pyridine rings is 1. The van der Waals surface area contributed by atoms with E-state index < -0.39 is 0 Å². The van der Waals surface area contributed by atoms with Gasteiger partial charge in [-0.1, -0.05) is 30.0 Å². The molecule has 0 atom stereocenters. The number of nitrogens with zero attached hydrogens (tertiary/aromatic N) is 4. The molecule has 4 aromatic rings. The summed E-state index contributed by atoms with van der Waals surface area (Å²) in [5.41, 5.74) is 3.36. The Kier molecular flexibility index (Phi) is 5.48. The van der Waals surface area contributed by atoms with Crippen molar-refractivity contribution in [3.8, 4) is 17.1 Å². The lowest BCUT2D eigenvalue weighted by molar-refractivity contribution is 0.102. The van der Waals surface area contributed by atoms with E-state index in [1.165, 1.54) is 36.0 Å². The summed E-state index contributed by atoms with van der Waals surface area (Å²) in [5.74, 6) is 0.389. The predicted octanol–water partition coefficient (Wildman–Crippen LogP) is 4.75. The number of rotatable bonds is 6. The molecule has 0 bridgehead atoms. The second-order valence-corrected chi connectivity index (χ2v) is 7.33. The minimum absolute atomic E-state index is 0.0974. The molecular weight excluding hydrogens is 387 g/mol. The highest BCUT2D eigenvalue weighted by molar-refractivity contribution is 7.99. The lowest BCUT2D eigenvalue weighted by atomic mass is 10.1. The van der Waals surface area contributed by atoms with Gasteiger partial charge in [0, 0.05) is 23.5 Å². The molecule has 0 spiro atoms. The maximum atomic E-state index is 13.1. The summed E-state index contributed by atoms with van der Waals surface area (Å²) in [6, 6.07) is 17.2. The number of para-hydroxylation sites is 1. The minimum atomic E-state index is -0.365. The van der Waals surface area contributed by atoms with Gasteiger partial charge >= 0.3 is 0 Å². The van der Waals surface area contributed by atoms with Crippen LogP contribution in [0.1, 0.15) is 15.9 Å². The van der Waals surface area contributed by atoms with Crippen LogP contribution in [0.2, 0.25) is 0 Å². The van der Waals surface area contributed by atoms with Crippen LogP contribution >= 0.6 is 11.8 Å². The lowest BCUT2D eigenvalue weighted by Crippen LogP contribution is -2.06. The molecular formula is C22H17FN4OS. The largest absolute Gasteiger partial charge is 0.293 e. The standard InChI is InChI=1S/C22H17FN4OS/c1-15-4-2-3-5-19(15)27-21(17-10-12-24-13-11-17)25-26-22(27)29-14-20(28)16-6-8-18(23)9-7-16/h2-13H,14H2,1H3. The van der Waals surface area contributed by atoms with Gasteiger partial charge in [0.05, 0.1) is 11.4 Å². The smallest absolute Gasteiger partial charge is 0.196 e. The molecule has 29 heavy (non-hydrogen) atoms. The molecule has 0 aliphatic heterocycles. The molecule has 2 aromatic heterocycles. The fourth-order valence-corrected chi connectivity index (χ4v) is 3.77. The van der Waals surface area contributed by atoms with Crippen LogP contribution in [-0.4, -0.2) is 31.3 Å². The van der Waals surface area contributed by atoms with Gasteiger partial charge in [-0.05, 0) is 55.0 Å². The number of benzene rings is 2. The van der Waals surface area contributed by atoms with Crippen molar-refractivity contribution in [1.29, 1.82) is 0 Å². The van der Waals surface area contributed by atoms with Gasteiger partial charge in [-0.2, -0.15) is 0 Å². The van der Waals surface area contributed by atoms with Gasteiger partial charge in [0.25, 0.3) is 0 Å². The van der Waals surface area contributed by atoms with Crippen LogP contribution in [0.25, 0.3) is 17.1 Å². The number of hydrogen-bond acceptors (Lipinski definition) is 5. The molecule has 2 heterocycles. The third-order valence-electron chi connectivity index (χ3n) is 4.43. The third kappa shape index (κ3) is 4.09. The van der Waals surface area contributed by atoms with E-state index in [-0.39, 0.29) is 17.4 Å². The summed E-state index contributed by atoms with van der Waals surface area (Å²) in [7, 11) is 0. The number of halogens is 1. The SMILES string of the molecule is Cc1ccccc1-n1c(SCC(=O)c2ccc(F)cc2)nnc1-c1ccncc1. The zero-order chi connectivity index (χ0) is 20.2. The Balaban J connectivity index is 1.68. The first-order chi connectivity index (χ1) is 14.1. The number of thioether (sulfide) groups is 1. The van der Waals surface area contributed by atoms with E-state index in [1.807, 2.05) is 47.9 Å². The number of aryl methyl sites for hydroxylation is 1. The van der Waals surface area contributed by atoms with Gasteiger partial charge in [0.15, 0.2) is 16.8 Å². The molecule has 0 saturated carbocycles. The molecule has 0 fully saturated rings. The molecule has 0 unspecified atom stereocenters. The van der Waals surface area contributed by atoms with Crippen LogP contribution in [0.15, 0.2) is 78.2 Å². The Hall–Kier alpha value is -3.32. The average Bonchev–Trinajstić information content (AvgIpc) is 3.17. The van der Waals surface area contributed by atoms with Crippen molar-refractivity contribution in [2.24, 2.45) is 0 Å². The van der Waals surface area contributed by atoms with E-state index in [0.717, 1.165) is 16.8 Å². The lowest BCUT2D eigenvalue weighted by Gasteiger charge is -2.12. The number of Topliss-reactive ketones (excluding diaryl/α,β-unsaturated/α-hetero) is 1.